The Morgan fingerprint density at radius 1 is 1.20 bits per heavy atom. The molecule has 1 fully saturated rings. The number of carbonyl (C=O) groups excluding carboxylic acids is 2. The Bertz CT molecular complexity index is 273. The second-order valence-electron chi connectivity index (χ2n) is 4.01. The van der Waals surface area contributed by atoms with E-state index in [-0.39, 0.29) is 11.8 Å². The lowest BCUT2D eigenvalue weighted by Crippen LogP contribution is -2.43. The zero-order valence-corrected chi connectivity index (χ0v) is 9.41. The molecular weight excluding hydrogens is 192 g/mol. The highest BCUT2D eigenvalue weighted by molar-refractivity contribution is 5.98. The molecule has 1 aliphatic rings. The summed E-state index contributed by atoms with van der Waals surface area (Å²) in [6.07, 6.45) is 7.56. The van der Waals surface area contributed by atoms with E-state index in [1.54, 1.807) is 13.0 Å². The molecule has 3 nitrogen and oxygen atoms in total. The molecule has 0 spiro atoms. The van der Waals surface area contributed by atoms with Crippen molar-refractivity contribution < 1.29 is 14.3 Å². The van der Waals surface area contributed by atoms with Gasteiger partial charge in [-0.1, -0.05) is 12.5 Å². The zero-order valence-electron chi connectivity index (χ0n) is 9.41. The topological polar surface area (TPSA) is 43.4 Å². The fourth-order valence-corrected chi connectivity index (χ4v) is 2.10. The first kappa shape index (κ1) is 12.0. The summed E-state index contributed by atoms with van der Waals surface area (Å²) >= 11 is 0. The molecule has 1 saturated carbocycles. The summed E-state index contributed by atoms with van der Waals surface area (Å²) in [5.41, 5.74) is -0.864. The lowest BCUT2D eigenvalue weighted by molar-refractivity contribution is -0.167. The van der Waals surface area contributed by atoms with Gasteiger partial charge in [-0.15, -0.1) is 0 Å². The summed E-state index contributed by atoms with van der Waals surface area (Å²) < 4.78 is 5.25. The molecule has 0 N–H and O–H groups in total. The van der Waals surface area contributed by atoms with E-state index in [2.05, 4.69) is 0 Å². The summed E-state index contributed by atoms with van der Waals surface area (Å²) in [5.74, 6) is -0.436. The van der Waals surface area contributed by atoms with Gasteiger partial charge in [0.25, 0.3) is 0 Å². The quantitative estimate of drug-likeness (QED) is 0.530. The third-order valence-corrected chi connectivity index (χ3v) is 2.77. The van der Waals surface area contributed by atoms with E-state index < -0.39 is 5.60 Å². The van der Waals surface area contributed by atoms with Gasteiger partial charge >= 0.3 is 5.97 Å². The van der Waals surface area contributed by atoms with Crippen LogP contribution >= 0.6 is 0 Å². The van der Waals surface area contributed by atoms with Gasteiger partial charge in [0.2, 0.25) is 0 Å². The van der Waals surface area contributed by atoms with Crippen molar-refractivity contribution in [1.82, 2.24) is 0 Å². The van der Waals surface area contributed by atoms with Gasteiger partial charge in [-0.25, -0.2) is 0 Å². The summed E-state index contributed by atoms with van der Waals surface area (Å²) in [4.78, 5) is 22.9. The highest BCUT2D eigenvalue weighted by Gasteiger charge is 2.40. The van der Waals surface area contributed by atoms with Crippen molar-refractivity contribution in [3.63, 3.8) is 0 Å². The monoisotopic (exact) mass is 210 g/mol. The molecule has 15 heavy (non-hydrogen) atoms. The van der Waals surface area contributed by atoms with Gasteiger partial charge in [0, 0.05) is 6.92 Å². The number of hydrogen-bond acceptors (Lipinski definition) is 3. The third-order valence-electron chi connectivity index (χ3n) is 2.77. The summed E-state index contributed by atoms with van der Waals surface area (Å²) in [6, 6.07) is 0. The van der Waals surface area contributed by atoms with Crippen molar-refractivity contribution in [2.75, 3.05) is 0 Å². The van der Waals surface area contributed by atoms with Crippen molar-refractivity contribution in [3.05, 3.63) is 12.2 Å². The molecule has 0 atom stereocenters. The van der Waals surface area contributed by atoms with Gasteiger partial charge in [-0.2, -0.15) is 0 Å². The predicted molar refractivity (Wildman–Crippen MR) is 57.4 cm³/mol. The average molecular weight is 210 g/mol. The minimum Gasteiger partial charge on any atom is -0.451 e. The van der Waals surface area contributed by atoms with Crippen LogP contribution in [-0.4, -0.2) is 17.4 Å². The number of ketones is 1. The standard InChI is InChI=1S/C12H18O3/c1-3-7-11(14)12(15-10(2)13)8-5-4-6-9-12/h3,7H,4-6,8-9H2,1-2H3/b7-3+. The molecule has 0 bridgehead atoms. The Hall–Kier alpha value is -1.12. The molecule has 0 aromatic carbocycles. The van der Waals surface area contributed by atoms with Gasteiger partial charge in [0.1, 0.15) is 0 Å². The number of allylic oxidation sites excluding steroid dienone is 1. The normalized spacial score (nSPS) is 20.1. The van der Waals surface area contributed by atoms with Crippen LogP contribution in [0.5, 0.6) is 0 Å². The number of hydrogen-bond donors (Lipinski definition) is 0. The van der Waals surface area contributed by atoms with Crippen LogP contribution in [0.2, 0.25) is 0 Å². The van der Waals surface area contributed by atoms with Crippen LogP contribution in [0.15, 0.2) is 12.2 Å². The lowest BCUT2D eigenvalue weighted by Gasteiger charge is -2.34. The molecule has 84 valence electrons. The van der Waals surface area contributed by atoms with E-state index >= 15 is 0 Å². The number of carbonyl (C=O) groups is 2. The molecule has 0 aromatic heterocycles. The molecule has 1 aliphatic carbocycles. The molecule has 0 saturated heterocycles. The van der Waals surface area contributed by atoms with E-state index in [0.717, 1.165) is 19.3 Å². The van der Waals surface area contributed by atoms with Crippen LogP contribution in [0.1, 0.15) is 46.0 Å². The number of rotatable bonds is 3. The smallest absolute Gasteiger partial charge is 0.303 e. The molecule has 1 rings (SSSR count). The molecule has 0 amide bonds. The lowest BCUT2D eigenvalue weighted by atomic mass is 9.81. The molecule has 0 unspecified atom stereocenters. The zero-order chi connectivity index (χ0) is 11.3. The maximum Gasteiger partial charge on any atom is 0.303 e. The van der Waals surface area contributed by atoms with Crippen LogP contribution in [0.4, 0.5) is 0 Å². The Kier molecular flexibility index (Phi) is 4.06. The predicted octanol–water partition coefficient (Wildman–Crippen LogP) is 2.40. The number of ether oxygens (including phenoxy) is 1. The average Bonchev–Trinajstić information content (AvgIpc) is 2.18. The second kappa shape index (κ2) is 5.10. The van der Waals surface area contributed by atoms with E-state index in [1.165, 1.54) is 13.0 Å². The summed E-state index contributed by atoms with van der Waals surface area (Å²) in [6.45, 7) is 3.15. The van der Waals surface area contributed by atoms with E-state index in [1.807, 2.05) is 0 Å². The Labute approximate surface area is 90.5 Å². The molecule has 3 heteroatoms. The van der Waals surface area contributed by atoms with Crippen LogP contribution < -0.4 is 0 Å². The van der Waals surface area contributed by atoms with Crippen LogP contribution in [0.3, 0.4) is 0 Å². The van der Waals surface area contributed by atoms with Crippen LogP contribution in [0, 0.1) is 0 Å². The van der Waals surface area contributed by atoms with E-state index in [0.29, 0.717) is 12.8 Å². The van der Waals surface area contributed by atoms with Gasteiger partial charge in [0.15, 0.2) is 11.4 Å². The SMILES string of the molecule is C/C=C/C(=O)C1(OC(C)=O)CCCCC1. The van der Waals surface area contributed by atoms with Gasteiger partial charge in [0.05, 0.1) is 0 Å². The Morgan fingerprint density at radius 2 is 1.80 bits per heavy atom. The first-order valence-corrected chi connectivity index (χ1v) is 5.47. The Balaban J connectivity index is 2.83. The van der Waals surface area contributed by atoms with Gasteiger partial charge < -0.3 is 4.74 Å². The number of esters is 1. The van der Waals surface area contributed by atoms with E-state index in [4.69, 9.17) is 4.74 Å². The highest BCUT2D eigenvalue weighted by Crippen LogP contribution is 2.33. The molecular formula is C12H18O3. The summed E-state index contributed by atoms with van der Waals surface area (Å²) in [5, 5.41) is 0. The fraction of sp³-hybridized carbons (Fsp3) is 0.667. The van der Waals surface area contributed by atoms with Crippen molar-refractivity contribution in [2.24, 2.45) is 0 Å². The Morgan fingerprint density at radius 3 is 2.27 bits per heavy atom. The van der Waals surface area contributed by atoms with Crippen LogP contribution in [-0.2, 0) is 14.3 Å². The minimum absolute atomic E-state index is 0.0695. The highest BCUT2D eigenvalue weighted by atomic mass is 16.6. The van der Waals surface area contributed by atoms with Crippen molar-refractivity contribution in [3.8, 4) is 0 Å². The van der Waals surface area contributed by atoms with Crippen molar-refractivity contribution >= 4 is 11.8 Å². The largest absolute Gasteiger partial charge is 0.451 e. The van der Waals surface area contributed by atoms with Gasteiger partial charge in [-0.05, 0) is 38.7 Å². The molecule has 0 radical (unpaired) electrons. The van der Waals surface area contributed by atoms with Gasteiger partial charge in [-0.3, -0.25) is 9.59 Å². The first-order valence-electron chi connectivity index (χ1n) is 5.47. The van der Waals surface area contributed by atoms with Crippen molar-refractivity contribution in [2.45, 2.75) is 51.6 Å². The summed E-state index contributed by atoms with van der Waals surface area (Å²) in [7, 11) is 0. The molecule has 0 aromatic rings. The molecule has 0 aliphatic heterocycles. The second-order valence-corrected chi connectivity index (χ2v) is 4.01. The van der Waals surface area contributed by atoms with E-state index in [9.17, 15) is 9.59 Å². The minimum atomic E-state index is -0.864. The first-order chi connectivity index (χ1) is 7.10. The fourth-order valence-electron chi connectivity index (χ4n) is 2.10. The molecule has 0 heterocycles. The maximum atomic E-state index is 11.9. The maximum absolute atomic E-state index is 11.9. The third kappa shape index (κ3) is 2.91. The van der Waals surface area contributed by atoms with Crippen LogP contribution in [0.25, 0.3) is 0 Å². The van der Waals surface area contributed by atoms with Crippen molar-refractivity contribution in [1.29, 1.82) is 0 Å².